The number of hydrogen-bond donors (Lipinski definition) is 2. The van der Waals surface area contributed by atoms with Crippen molar-refractivity contribution in [1.82, 2.24) is 10.3 Å². The van der Waals surface area contributed by atoms with Gasteiger partial charge in [0, 0.05) is 32.9 Å². The van der Waals surface area contributed by atoms with Gasteiger partial charge < -0.3 is 25.4 Å². The largest absolute Gasteiger partial charge is 0.383 e. The highest BCUT2D eigenvalue weighted by Crippen LogP contribution is 2.15. The highest BCUT2D eigenvalue weighted by molar-refractivity contribution is 5.77. The third-order valence-electron chi connectivity index (χ3n) is 3.42. The molecule has 122 valence electrons. The molecule has 0 bridgehead atoms. The Balaban J connectivity index is 1.85. The maximum absolute atomic E-state index is 5.77. The van der Waals surface area contributed by atoms with Crippen molar-refractivity contribution in [3.8, 4) is 0 Å². The Labute approximate surface area is 131 Å². The molecule has 1 unspecified atom stereocenters. The highest BCUT2D eigenvalue weighted by Gasteiger charge is 2.17. The molecule has 1 saturated heterocycles. The van der Waals surface area contributed by atoms with E-state index in [0.717, 1.165) is 31.1 Å². The van der Waals surface area contributed by atoms with Gasteiger partial charge in [-0.3, -0.25) is 0 Å². The van der Waals surface area contributed by atoms with Gasteiger partial charge in [0.1, 0.15) is 5.82 Å². The molecule has 7 nitrogen and oxygen atoms in total. The van der Waals surface area contributed by atoms with E-state index < -0.39 is 0 Å². The van der Waals surface area contributed by atoms with Crippen LogP contribution in [0.25, 0.3) is 0 Å². The number of hydrogen-bond acceptors (Lipinski definition) is 5. The SMILES string of the molecule is COCCNC(N)=NCc1ccc(N2CCOC(C)C2)nc1. The summed E-state index contributed by atoms with van der Waals surface area (Å²) in [5.74, 6) is 1.40. The average Bonchev–Trinajstić information content (AvgIpc) is 2.54. The first-order valence-corrected chi connectivity index (χ1v) is 7.53. The van der Waals surface area contributed by atoms with Crippen LogP contribution in [-0.2, 0) is 16.0 Å². The van der Waals surface area contributed by atoms with Crippen LogP contribution >= 0.6 is 0 Å². The number of guanidine groups is 1. The minimum atomic E-state index is 0.248. The van der Waals surface area contributed by atoms with Crippen molar-refractivity contribution in [2.45, 2.75) is 19.6 Å². The first-order chi connectivity index (χ1) is 10.7. The summed E-state index contributed by atoms with van der Waals surface area (Å²) in [7, 11) is 1.65. The minimum absolute atomic E-state index is 0.248. The van der Waals surface area contributed by atoms with Gasteiger partial charge in [-0.15, -0.1) is 0 Å². The molecule has 2 rings (SSSR count). The number of ether oxygens (including phenoxy) is 2. The molecule has 1 aliphatic rings. The number of aliphatic imine (C=N–C) groups is 1. The summed E-state index contributed by atoms with van der Waals surface area (Å²) in [4.78, 5) is 11.0. The molecular formula is C15H25N5O2. The van der Waals surface area contributed by atoms with Gasteiger partial charge >= 0.3 is 0 Å². The lowest BCUT2D eigenvalue weighted by atomic mass is 10.2. The van der Waals surface area contributed by atoms with E-state index in [2.05, 4.69) is 27.1 Å². The van der Waals surface area contributed by atoms with Gasteiger partial charge in [0.15, 0.2) is 5.96 Å². The van der Waals surface area contributed by atoms with E-state index in [1.54, 1.807) is 7.11 Å². The van der Waals surface area contributed by atoms with Crippen LogP contribution in [0.4, 0.5) is 5.82 Å². The van der Waals surface area contributed by atoms with E-state index in [1.165, 1.54) is 0 Å². The van der Waals surface area contributed by atoms with Gasteiger partial charge in [0.2, 0.25) is 0 Å². The van der Waals surface area contributed by atoms with Crippen LogP contribution in [0.2, 0.25) is 0 Å². The summed E-state index contributed by atoms with van der Waals surface area (Å²) in [6.07, 6.45) is 2.10. The quantitative estimate of drug-likeness (QED) is 0.448. The Hall–Kier alpha value is -1.86. The lowest BCUT2D eigenvalue weighted by Gasteiger charge is -2.32. The second-order valence-electron chi connectivity index (χ2n) is 5.27. The number of nitrogens with zero attached hydrogens (tertiary/aromatic N) is 3. The lowest BCUT2D eigenvalue weighted by molar-refractivity contribution is 0.0529. The highest BCUT2D eigenvalue weighted by atomic mass is 16.5. The number of aromatic nitrogens is 1. The van der Waals surface area contributed by atoms with Crippen molar-refractivity contribution in [3.05, 3.63) is 23.9 Å². The van der Waals surface area contributed by atoms with Crippen LogP contribution in [0.5, 0.6) is 0 Å². The minimum Gasteiger partial charge on any atom is -0.383 e. The van der Waals surface area contributed by atoms with Crippen molar-refractivity contribution >= 4 is 11.8 Å². The Morgan fingerprint density at radius 1 is 1.59 bits per heavy atom. The molecule has 1 atom stereocenters. The van der Waals surface area contributed by atoms with E-state index in [4.69, 9.17) is 15.2 Å². The number of nitrogens with two attached hydrogens (primary N) is 1. The van der Waals surface area contributed by atoms with E-state index in [0.29, 0.717) is 25.7 Å². The maximum Gasteiger partial charge on any atom is 0.188 e. The number of methoxy groups -OCH3 is 1. The molecule has 22 heavy (non-hydrogen) atoms. The van der Waals surface area contributed by atoms with Crippen molar-refractivity contribution in [2.75, 3.05) is 44.9 Å². The molecule has 1 aromatic heterocycles. The summed E-state index contributed by atoms with van der Waals surface area (Å²) in [5, 5.41) is 2.98. The molecule has 0 saturated carbocycles. The summed E-state index contributed by atoms with van der Waals surface area (Å²) < 4.78 is 10.5. The van der Waals surface area contributed by atoms with Crippen molar-refractivity contribution < 1.29 is 9.47 Å². The van der Waals surface area contributed by atoms with Gasteiger partial charge in [0.05, 0.1) is 25.9 Å². The Morgan fingerprint density at radius 3 is 3.14 bits per heavy atom. The first-order valence-electron chi connectivity index (χ1n) is 7.53. The fourth-order valence-corrected chi connectivity index (χ4v) is 2.24. The third-order valence-corrected chi connectivity index (χ3v) is 3.42. The molecule has 1 fully saturated rings. The van der Waals surface area contributed by atoms with Crippen LogP contribution in [0.3, 0.4) is 0 Å². The summed E-state index contributed by atoms with van der Waals surface area (Å²) in [6.45, 7) is 6.35. The molecule has 2 heterocycles. The number of morpholine rings is 1. The predicted octanol–water partition coefficient (Wildman–Crippen LogP) is 0.357. The maximum atomic E-state index is 5.77. The standard InChI is InChI=1S/C15H25N5O2/c1-12-11-20(6-8-22-12)14-4-3-13(9-18-14)10-19-15(16)17-5-7-21-2/h3-4,9,12H,5-8,10-11H2,1-2H3,(H3,16,17,19). The van der Waals surface area contributed by atoms with Gasteiger partial charge in [-0.05, 0) is 18.6 Å². The van der Waals surface area contributed by atoms with Crippen LogP contribution in [0, 0.1) is 0 Å². The molecule has 7 heteroatoms. The Kier molecular flexibility index (Phi) is 6.42. The Bertz CT molecular complexity index is 477. The molecule has 1 aliphatic heterocycles. The number of rotatable bonds is 6. The molecule has 0 aromatic carbocycles. The molecular weight excluding hydrogens is 282 g/mol. The van der Waals surface area contributed by atoms with E-state index in [1.807, 2.05) is 18.3 Å². The first kappa shape index (κ1) is 16.5. The van der Waals surface area contributed by atoms with Crippen LogP contribution in [0.1, 0.15) is 12.5 Å². The predicted molar refractivity (Wildman–Crippen MR) is 87.1 cm³/mol. The zero-order valence-corrected chi connectivity index (χ0v) is 13.3. The molecule has 0 amide bonds. The van der Waals surface area contributed by atoms with Gasteiger partial charge in [0.25, 0.3) is 0 Å². The van der Waals surface area contributed by atoms with Crippen molar-refractivity contribution in [1.29, 1.82) is 0 Å². The fraction of sp³-hybridized carbons (Fsp3) is 0.600. The normalized spacial score (nSPS) is 19.3. The van der Waals surface area contributed by atoms with Crippen LogP contribution < -0.4 is 16.0 Å². The van der Waals surface area contributed by atoms with Gasteiger partial charge in [-0.1, -0.05) is 6.07 Å². The second-order valence-corrected chi connectivity index (χ2v) is 5.27. The summed E-state index contributed by atoms with van der Waals surface area (Å²) in [6, 6.07) is 4.06. The number of anilines is 1. The number of nitrogens with one attached hydrogen (secondary N) is 1. The fourth-order valence-electron chi connectivity index (χ4n) is 2.24. The number of pyridine rings is 1. The molecule has 0 spiro atoms. The topological polar surface area (TPSA) is 85.0 Å². The summed E-state index contributed by atoms with van der Waals surface area (Å²) >= 11 is 0. The van der Waals surface area contributed by atoms with Gasteiger partial charge in [-0.25, -0.2) is 9.98 Å². The van der Waals surface area contributed by atoms with Gasteiger partial charge in [-0.2, -0.15) is 0 Å². The van der Waals surface area contributed by atoms with Crippen LogP contribution in [-0.4, -0.2) is 57.0 Å². The van der Waals surface area contributed by atoms with Crippen molar-refractivity contribution in [2.24, 2.45) is 10.7 Å². The second kappa shape index (κ2) is 8.55. The zero-order valence-electron chi connectivity index (χ0n) is 13.3. The van der Waals surface area contributed by atoms with Crippen LogP contribution in [0.15, 0.2) is 23.3 Å². The Morgan fingerprint density at radius 2 is 2.45 bits per heavy atom. The molecule has 0 aliphatic carbocycles. The van der Waals surface area contributed by atoms with E-state index >= 15 is 0 Å². The zero-order chi connectivity index (χ0) is 15.8. The van der Waals surface area contributed by atoms with E-state index in [9.17, 15) is 0 Å². The molecule has 1 aromatic rings. The molecule has 3 N–H and O–H groups in total. The van der Waals surface area contributed by atoms with E-state index in [-0.39, 0.29) is 6.10 Å². The average molecular weight is 307 g/mol. The monoisotopic (exact) mass is 307 g/mol. The molecule has 0 radical (unpaired) electrons. The lowest BCUT2D eigenvalue weighted by Crippen LogP contribution is -2.41. The summed E-state index contributed by atoms with van der Waals surface area (Å²) in [5.41, 5.74) is 6.79. The third kappa shape index (κ3) is 5.16. The van der Waals surface area contributed by atoms with Crippen molar-refractivity contribution in [3.63, 3.8) is 0 Å². The smallest absolute Gasteiger partial charge is 0.188 e.